The minimum absolute atomic E-state index is 0.102. The summed E-state index contributed by atoms with van der Waals surface area (Å²) < 4.78 is 0. The Balaban J connectivity index is 1.53. The van der Waals surface area contributed by atoms with E-state index in [0.29, 0.717) is 37.2 Å². The van der Waals surface area contributed by atoms with Crippen molar-refractivity contribution in [3.05, 3.63) is 35.4 Å². The third kappa shape index (κ3) is 4.49. The number of aliphatic imine (C=N–C) groups is 1. The third-order valence-corrected chi connectivity index (χ3v) is 4.64. The number of amides is 2. The van der Waals surface area contributed by atoms with Crippen molar-refractivity contribution in [2.24, 2.45) is 10.9 Å². The molecule has 0 aromatic heterocycles. The Labute approximate surface area is 147 Å². The highest BCUT2D eigenvalue weighted by atomic mass is 16.2. The van der Waals surface area contributed by atoms with Gasteiger partial charge >= 0.3 is 0 Å². The Morgan fingerprint density at radius 3 is 2.68 bits per heavy atom. The fraction of sp³-hybridized carbons (Fsp3) is 0.500. The minimum atomic E-state index is -0.107. The molecule has 3 rings (SSSR count). The molecule has 1 aliphatic heterocycles. The molecule has 0 radical (unpaired) electrons. The highest BCUT2D eigenvalue weighted by Crippen LogP contribution is 2.28. The number of guanidine groups is 1. The molecule has 3 N–H and O–H groups in total. The Morgan fingerprint density at radius 1 is 1.36 bits per heavy atom. The van der Waals surface area contributed by atoms with Crippen molar-refractivity contribution < 1.29 is 9.59 Å². The summed E-state index contributed by atoms with van der Waals surface area (Å²) in [6.07, 6.45) is 1.19. The summed E-state index contributed by atoms with van der Waals surface area (Å²) in [7, 11) is 1.76. The molecule has 0 spiro atoms. The van der Waals surface area contributed by atoms with Crippen molar-refractivity contribution in [1.29, 1.82) is 0 Å². The summed E-state index contributed by atoms with van der Waals surface area (Å²) in [4.78, 5) is 29.6. The van der Waals surface area contributed by atoms with Crippen molar-refractivity contribution in [1.82, 2.24) is 20.9 Å². The summed E-state index contributed by atoms with van der Waals surface area (Å²) in [6.45, 7) is 4.05. The van der Waals surface area contributed by atoms with Gasteiger partial charge in [0.1, 0.15) is 0 Å². The van der Waals surface area contributed by atoms with Gasteiger partial charge in [-0.1, -0.05) is 19.1 Å². The Hall–Kier alpha value is -2.57. The number of benzene rings is 1. The van der Waals surface area contributed by atoms with Gasteiger partial charge < -0.3 is 20.9 Å². The highest BCUT2D eigenvalue weighted by Gasteiger charge is 2.33. The SMILES string of the molecule is CN=C(NCc1ccc(C(=O)N2CCNC(=O)C2)cc1)NC1CC1C. The molecule has 2 aliphatic rings. The summed E-state index contributed by atoms with van der Waals surface area (Å²) in [5.41, 5.74) is 1.67. The van der Waals surface area contributed by atoms with Gasteiger partial charge in [0.25, 0.3) is 5.91 Å². The normalized spacial score (nSPS) is 23.0. The maximum atomic E-state index is 12.4. The molecule has 1 aromatic rings. The fourth-order valence-electron chi connectivity index (χ4n) is 2.84. The van der Waals surface area contributed by atoms with Crippen LogP contribution in [-0.2, 0) is 11.3 Å². The first-order chi connectivity index (χ1) is 12.1. The van der Waals surface area contributed by atoms with Crippen molar-refractivity contribution >= 4 is 17.8 Å². The van der Waals surface area contributed by atoms with Crippen LogP contribution in [-0.4, -0.2) is 55.4 Å². The van der Waals surface area contributed by atoms with Crippen molar-refractivity contribution in [3.8, 4) is 0 Å². The second-order valence-electron chi connectivity index (χ2n) is 6.66. The Bertz CT molecular complexity index is 671. The maximum Gasteiger partial charge on any atom is 0.254 e. The second-order valence-corrected chi connectivity index (χ2v) is 6.66. The van der Waals surface area contributed by atoms with E-state index in [1.165, 1.54) is 6.42 Å². The van der Waals surface area contributed by atoms with Gasteiger partial charge in [0.15, 0.2) is 5.96 Å². The van der Waals surface area contributed by atoms with E-state index in [2.05, 4.69) is 27.9 Å². The monoisotopic (exact) mass is 343 g/mol. The average molecular weight is 343 g/mol. The summed E-state index contributed by atoms with van der Waals surface area (Å²) in [5.74, 6) is 1.30. The number of hydrogen-bond donors (Lipinski definition) is 3. The predicted molar refractivity (Wildman–Crippen MR) is 96.3 cm³/mol. The zero-order chi connectivity index (χ0) is 17.8. The van der Waals surface area contributed by atoms with Gasteiger partial charge in [-0.3, -0.25) is 14.6 Å². The lowest BCUT2D eigenvalue weighted by Crippen LogP contribution is -2.49. The lowest BCUT2D eigenvalue weighted by atomic mass is 10.1. The largest absolute Gasteiger partial charge is 0.353 e. The number of hydrogen-bond acceptors (Lipinski definition) is 3. The molecule has 1 saturated carbocycles. The van der Waals surface area contributed by atoms with Crippen LogP contribution >= 0.6 is 0 Å². The number of nitrogens with zero attached hydrogens (tertiary/aromatic N) is 2. The Kier molecular flexibility index (Phi) is 5.21. The second kappa shape index (κ2) is 7.55. The van der Waals surface area contributed by atoms with E-state index < -0.39 is 0 Å². The maximum absolute atomic E-state index is 12.4. The van der Waals surface area contributed by atoms with Crippen LogP contribution in [0.1, 0.15) is 29.3 Å². The molecule has 1 saturated heterocycles. The molecule has 0 bridgehead atoms. The van der Waals surface area contributed by atoms with Crippen LogP contribution in [0.5, 0.6) is 0 Å². The summed E-state index contributed by atoms with van der Waals surface area (Å²) >= 11 is 0. The Morgan fingerprint density at radius 2 is 2.08 bits per heavy atom. The quantitative estimate of drug-likeness (QED) is 0.543. The first-order valence-electron chi connectivity index (χ1n) is 8.69. The predicted octanol–water partition coefficient (Wildman–Crippen LogP) is 0.332. The summed E-state index contributed by atoms with van der Waals surface area (Å²) in [6, 6.07) is 8.00. The molecule has 2 unspecified atom stereocenters. The van der Waals surface area contributed by atoms with E-state index in [1.54, 1.807) is 11.9 Å². The van der Waals surface area contributed by atoms with Gasteiger partial charge in [0.05, 0.1) is 6.54 Å². The van der Waals surface area contributed by atoms with Crippen molar-refractivity contribution in [3.63, 3.8) is 0 Å². The van der Waals surface area contributed by atoms with Crippen molar-refractivity contribution in [2.45, 2.75) is 25.9 Å². The van der Waals surface area contributed by atoms with Gasteiger partial charge in [-0.2, -0.15) is 0 Å². The molecule has 1 heterocycles. The van der Waals surface area contributed by atoms with Gasteiger partial charge in [-0.25, -0.2) is 0 Å². The molecular formula is C18H25N5O2. The molecule has 1 aliphatic carbocycles. The molecule has 25 heavy (non-hydrogen) atoms. The van der Waals surface area contributed by atoms with E-state index in [9.17, 15) is 9.59 Å². The van der Waals surface area contributed by atoms with Crippen LogP contribution in [0, 0.1) is 5.92 Å². The average Bonchev–Trinajstić information content (AvgIpc) is 3.33. The number of carbonyl (C=O) groups excluding carboxylic acids is 2. The molecule has 7 heteroatoms. The van der Waals surface area contributed by atoms with Crippen LogP contribution in [0.2, 0.25) is 0 Å². The molecule has 134 valence electrons. The fourth-order valence-corrected chi connectivity index (χ4v) is 2.84. The number of piperazine rings is 1. The number of nitrogens with one attached hydrogen (secondary N) is 3. The third-order valence-electron chi connectivity index (χ3n) is 4.64. The molecule has 2 atom stereocenters. The van der Waals surface area contributed by atoms with E-state index in [-0.39, 0.29) is 18.4 Å². The number of rotatable bonds is 4. The van der Waals surface area contributed by atoms with E-state index in [4.69, 9.17) is 0 Å². The smallest absolute Gasteiger partial charge is 0.254 e. The van der Waals surface area contributed by atoms with Crippen molar-refractivity contribution in [2.75, 3.05) is 26.7 Å². The molecular weight excluding hydrogens is 318 g/mol. The molecule has 2 fully saturated rings. The van der Waals surface area contributed by atoms with Crippen LogP contribution in [0.25, 0.3) is 0 Å². The van der Waals surface area contributed by atoms with E-state index >= 15 is 0 Å². The van der Waals surface area contributed by atoms with Gasteiger partial charge in [0.2, 0.25) is 5.91 Å². The van der Waals surface area contributed by atoms with Crippen LogP contribution in [0.3, 0.4) is 0 Å². The first kappa shape index (κ1) is 17.3. The van der Waals surface area contributed by atoms with Crippen LogP contribution < -0.4 is 16.0 Å². The molecule has 7 nitrogen and oxygen atoms in total. The molecule has 1 aromatic carbocycles. The topological polar surface area (TPSA) is 85.8 Å². The van der Waals surface area contributed by atoms with Crippen LogP contribution in [0.15, 0.2) is 29.3 Å². The summed E-state index contributed by atoms with van der Waals surface area (Å²) in [5, 5.41) is 9.39. The van der Waals surface area contributed by atoms with E-state index in [1.807, 2.05) is 24.3 Å². The van der Waals surface area contributed by atoms with E-state index in [0.717, 1.165) is 11.5 Å². The highest BCUT2D eigenvalue weighted by molar-refractivity contribution is 5.97. The first-order valence-corrected chi connectivity index (χ1v) is 8.69. The van der Waals surface area contributed by atoms with Gasteiger partial charge in [0, 0.05) is 38.3 Å². The van der Waals surface area contributed by atoms with Crippen LogP contribution in [0.4, 0.5) is 0 Å². The zero-order valence-electron chi connectivity index (χ0n) is 14.7. The minimum Gasteiger partial charge on any atom is -0.353 e. The molecule has 2 amide bonds. The standard InChI is InChI=1S/C18H25N5O2/c1-12-9-15(12)22-18(19-2)21-10-13-3-5-14(6-4-13)17(25)23-8-7-20-16(24)11-23/h3-6,12,15H,7-11H2,1-2H3,(H,20,24)(H2,19,21,22). The number of carbonyl (C=O) groups is 2. The lowest BCUT2D eigenvalue weighted by molar-refractivity contribution is -0.123. The van der Waals surface area contributed by atoms with Gasteiger partial charge in [-0.15, -0.1) is 0 Å². The lowest BCUT2D eigenvalue weighted by Gasteiger charge is -2.26. The zero-order valence-corrected chi connectivity index (χ0v) is 14.7. The van der Waals surface area contributed by atoms with Gasteiger partial charge in [-0.05, 0) is 30.0 Å².